The number of nitrogens with one attached hydrogen (secondary N) is 1. The number of amides is 1. The fourth-order valence-corrected chi connectivity index (χ4v) is 1.76. The predicted octanol–water partition coefficient (Wildman–Crippen LogP) is 1.92. The van der Waals surface area contributed by atoms with E-state index in [0.717, 1.165) is 11.1 Å². The lowest BCUT2D eigenvalue weighted by molar-refractivity contribution is -0.124. The Balaban J connectivity index is 3.04. The van der Waals surface area contributed by atoms with Gasteiger partial charge in [-0.1, -0.05) is 24.6 Å². The molecule has 0 aliphatic rings. The van der Waals surface area contributed by atoms with Crippen molar-refractivity contribution in [3.63, 3.8) is 0 Å². The van der Waals surface area contributed by atoms with Gasteiger partial charge in [-0.3, -0.25) is 4.79 Å². The molecule has 1 aromatic carbocycles. The maximum atomic E-state index is 11.2. The van der Waals surface area contributed by atoms with Crippen molar-refractivity contribution in [2.45, 2.75) is 39.3 Å². The molecule has 100 valence electrons. The quantitative estimate of drug-likeness (QED) is 0.810. The first-order chi connectivity index (χ1) is 8.49. The fraction of sp³-hybridized carbons (Fsp3) is 0.500. The number of primary amides is 1. The molecule has 0 spiro atoms. The minimum absolute atomic E-state index is 0.158. The van der Waals surface area contributed by atoms with Crippen LogP contribution in [0.1, 0.15) is 37.4 Å². The van der Waals surface area contributed by atoms with Gasteiger partial charge in [0.25, 0.3) is 5.91 Å². The fourth-order valence-electron chi connectivity index (χ4n) is 1.76. The highest BCUT2D eigenvalue weighted by Crippen LogP contribution is 2.27. The molecule has 0 bridgehead atoms. The summed E-state index contributed by atoms with van der Waals surface area (Å²) in [4.78, 5) is 11.2. The first-order valence-electron chi connectivity index (χ1n) is 6.23. The Labute approximate surface area is 109 Å². The zero-order valence-electron chi connectivity index (χ0n) is 11.5. The van der Waals surface area contributed by atoms with E-state index in [-0.39, 0.29) is 6.04 Å². The third kappa shape index (κ3) is 3.47. The van der Waals surface area contributed by atoms with E-state index >= 15 is 0 Å². The van der Waals surface area contributed by atoms with E-state index in [0.29, 0.717) is 12.2 Å². The van der Waals surface area contributed by atoms with Crippen LogP contribution >= 0.6 is 0 Å². The molecule has 0 aromatic heterocycles. The molecule has 1 aromatic rings. The molecular formula is C14H22N2O2. The molecule has 4 heteroatoms. The van der Waals surface area contributed by atoms with Crippen LogP contribution in [0, 0.1) is 6.92 Å². The Morgan fingerprint density at radius 2 is 2.17 bits per heavy atom. The number of aryl methyl sites for hydroxylation is 1. The summed E-state index contributed by atoms with van der Waals surface area (Å²) in [5.41, 5.74) is 7.50. The van der Waals surface area contributed by atoms with Gasteiger partial charge in [-0.25, -0.2) is 0 Å². The first kappa shape index (κ1) is 14.5. The second kappa shape index (κ2) is 6.40. The summed E-state index contributed by atoms with van der Waals surface area (Å²) in [6.07, 6.45) is -0.00754. The second-order valence-corrected chi connectivity index (χ2v) is 4.47. The Kier molecular flexibility index (Phi) is 5.16. The minimum atomic E-state index is -0.574. The summed E-state index contributed by atoms with van der Waals surface area (Å²) in [6, 6.07) is 6.08. The molecule has 0 heterocycles. The Bertz CT molecular complexity index is 418. The van der Waals surface area contributed by atoms with Crippen LogP contribution in [0.25, 0.3) is 0 Å². The lowest BCUT2D eigenvalue weighted by Gasteiger charge is -2.20. The molecule has 0 aliphatic heterocycles. The molecule has 2 atom stereocenters. The topological polar surface area (TPSA) is 64.3 Å². The van der Waals surface area contributed by atoms with Crippen LogP contribution in [-0.2, 0) is 4.79 Å². The number of carbonyl (C=O) groups excluding carboxylic acids is 1. The van der Waals surface area contributed by atoms with Crippen LogP contribution < -0.4 is 15.8 Å². The van der Waals surface area contributed by atoms with E-state index in [1.165, 1.54) is 0 Å². The summed E-state index contributed by atoms with van der Waals surface area (Å²) in [6.45, 7) is 5.96. The first-order valence-corrected chi connectivity index (χ1v) is 6.23. The van der Waals surface area contributed by atoms with E-state index in [1.54, 1.807) is 0 Å². The number of nitrogens with two attached hydrogens (primary N) is 1. The molecular weight excluding hydrogens is 228 g/mol. The molecule has 3 N–H and O–H groups in total. The van der Waals surface area contributed by atoms with Crippen molar-refractivity contribution in [1.82, 2.24) is 5.32 Å². The Morgan fingerprint density at radius 3 is 2.67 bits per heavy atom. The smallest absolute Gasteiger partial charge is 0.258 e. The molecule has 0 aliphatic carbocycles. The van der Waals surface area contributed by atoms with Crippen LogP contribution in [0.2, 0.25) is 0 Å². The average molecular weight is 250 g/mol. The van der Waals surface area contributed by atoms with Crippen molar-refractivity contribution in [3.05, 3.63) is 29.3 Å². The van der Waals surface area contributed by atoms with Gasteiger partial charge in [-0.2, -0.15) is 0 Å². The summed E-state index contributed by atoms with van der Waals surface area (Å²) in [5.74, 6) is 0.286. The number of hydrogen-bond acceptors (Lipinski definition) is 3. The molecule has 2 unspecified atom stereocenters. The number of rotatable bonds is 6. The number of benzene rings is 1. The molecule has 0 radical (unpaired) electrons. The van der Waals surface area contributed by atoms with E-state index in [4.69, 9.17) is 10.5 Å². The van der Waals surface area contributed by atoms with Crippen molar-refractivity contribution in [2.24, 2.45) is 5.73 Å². The minimum Gasteiger partial charge on any atom is -0.480 e. The molecule has 4 nitrogen and oxygen atoms in total. The van der Waals surface area contributed by atoms with E-state index in [9.17, 15) is 4.79 Å². The van der Waals surface area contributed by atoms with Crippen LogP contribution in [-0.4, -0.2) is 19.1 Å². The number of ether oxygens (including phenoxy) is 1. The van der Waals surface area contributed by atoms with Crippen LogP contribution in [0.4, 0.5) is 0 Å². The van der Waals surface area contributed by atoms with Gasteiger partial charge in [-0.05, 0) is 33.4 Å². The zero-order chi connectivity index (χ0) is 13.7. The standard InChI is InChI=1S/C14H22N2O2/c1-5-12(14(15)17)18-13-7-6-9(2)8-11(13)10(3)16-4/h6-8,10,12,16H,5H2,1-4H3,(H2,15,17). The Hall–Kier alpha value is -1.55. The van der Waals surface area contributed by atoms with Crippen molar-refractivity contribution in [3.8, 4) is 5.75 Å². The maximum absolute atomic E-state index is 11.2. The third-order valence-corrected chi connectivity index (χ3v) is 3.02. The van der Waals surface area contributed by atoms with Gasteiger partial charge in [0.2, 0.25) is 0 Å². The molecule has 1 rings (SSSR count). The summed E-state index contributed by atoms with van der Waals surface area (Å²) in [7, 11) is 1.89. The zero-order valence-corrected chi connectivity index (χ0v) is 11.5. The van der Waals surface area contributed by atoms with E-state index < -0.39 is 12.0 Å². The largest absolute Gasteiger partial charge is 0.480 e. The van der Waals surface area contributed by atoms with Gasteiger partial charge in [-0.15, -0.1) is 0 Å². The molecule has 0 fully saturated rings. The lowest BCUT2D eigenvalue weighted by Crippen LogP contribution is -2.33. The maximum Gasteiger partial charge on any atom is 0.258 e. The highest BCUT2D eigenvalue weighted by molar-refractivity contribution is 5.79. The highest BCUT2D eigenvalue weighted by Gasteiger charge is 2.18. The average Bonchev–Trinajstić information content (AvgIpc) is 2.35. The molecule has 0 saturated heterocycles. The van der Waals surface area contributed by atoms with Crippen molar-refractivity contribution >= 4 is 5.91 Å². The molecule has 1 amide bonds. The van der Waals surface area contributed by atoms with Gasteiger partial charge in [0, 0.05) is 11.6 Å². The van der Waals surface area contributed by atoms with E-state index in [2.05, 4.69) is 11.4 Å². The van der Waals surface area contributed by atoms with Crippen molar-refractivity contribution < 1.29 is 9.53 Å². The summed E-state index contributed by atoms with van der Waals surface area (Å²) < 4.78 is 5.72. The summed E-state index contributed by atoms with van der Waals surface area (Å²) >= 11 is 0. The van der Waals surface area contributed by atoms with Gasteiger partial charge in [0.15, 0.2) is 6.10 Å². The van der Waals surface area contributed by atoms with Crippen molar-refractivity contribution in [2.75, 3.05) is 7.05 Å². The second-order valence-electron chi connectivity index (χ2n) is 4.47. The lowest BCUT2D eigenvalue weighted by atomic mass is 10.0. The van der Waals surface area contributed by atoms with Gasteiger partial charge < -0.3 is 15.8 Å². The van der Waals surface area contributed by atoms with Gasteiger partial charge in [0.05, 0.1) is 0 Å². The molecule has 0 saturated carbocycles. The summed E-state index contributed by atoms with van der Waals surface area (Å²) in [5, 5.41) is 3.17. The monoisotopic (exact) mass is 250 g/mol. The van der Waals surface area contributed by atoms with E-state index in [1.807, 2.05) is 40.0 Å². The van der Waals surface area contributed by atoms with Crippen LogP contribution in [0.3, 0.4) is 0 Å². The normalized spacial score (nSPS) is 14.0. The van der Waals surface area contributed by atoms with Crippen LogP contribution in [0.15, 0.2) is 18.2 Å². The molecule has 18 heavy (non-hydrogen) atoms. The highest BCUT2D eigenvalue weighted by atomic mass is 16.5. The van der Waals surface area contributed by atoms with Gasteiger partial charge >= 0.3 is 0 Å². The Morgan fingerprint density at radius 1 is 1.50 bits per heavy atom. The van der Waals surface area contributed by atoms with Crippen molar-refractivity contribution in [1.29, 1.82) is 0 Å². The SMILES string of the molecule is CCC(Oc1ccc(C)cc1C(C)NC)C(N)=O. The van der Waals surface area contributed by atoms with Gasteiger partial charge in [0.1, 0.15) is 5.75 Å². The number of carbonyl (C=O) groups is 1. The third-order valence-electron chi connectivity index (χ3n) is 3.02. The predicted molar refractivity (Wildman–Crippen MR) is 72.6 cm³/mol. The van der Waals surface area contributed by atoms with Crippen LogP contribution in [0.5, 0.6) is 5.75 Å². The number of hydrogen-bond donors (Lipinski definition) is 2.